The Kier molecular flexibility index (Phi) is 4.74. The van der Waals surface area contributed by atoms with Gasteiger partial charge in [-0.25, -0.2) is 5.48 Å². The molecule has 1 atom stereocenters. The van der Waals surface area contributed by atoms with Crippen molar-refractivity contribution in [3.63, 3.8) is 0 Å². The molecule has 2 aromatic rings. The summed E-state index contributed by atoms with van der Waals surface area (Å²) in [4.78, 5) is 10.2. The highest BCUT2D eigenvalue weighted by Crippen LogP contribution is 2.21. The van der Waals surface area contributed by atoms with E-state index in [-0.39, 0.29) is 6.10 Å². The molecule has 0 bridgehead atoms. The van der Waals surface area contributed by atoms with E-state index < -0.39 is 0 Å². The number of nitrogens with one attached hydrogen (secondary N) is 1. The summed E-state index contributed by atoms with van der Waals surface area (Å²) in [6, 6.07) is 10.3. The number of amidine groups is 1. The van der Waals surface area contributed by atoms with Gasteiger partial charge in [0.05, 0.1) is 6.54 Å². The lowest BCUT2D eigenvalue weighted by Gasteiger charge is -2.22. The molecule has 0 aliphatic carbocycles. The summed E-state index contributed by atoms with van der Waals surface area (Å²) in [5.41, 5.74) is 3.98. The lowest BCUT2D eigenvalue weighted by molar-refractivity contribution is 0.0212. The summed E-state index contributed by atoms with van der Waals surface area (Å²) in [7, 11) is 0. The third-order valence-electron chi connectivity index (χ3n) is 3.32. The summed E-state index contributed by atoms with van der Waals surface area (Å²) in [6.45, 7) is 4.87. The first-order chi connectivity index (χ1) is 10.7. The van der Waals surface area contributed by atoms with Crippen molar-refractivity contribution in [1.82, 2.24) is 20.2 Å². The van der Waals surface area contributed by atoms with Crippen molar-refractivity contribution in [3.05, 3.63) is 42.2 Å². The van der Waals surface area contributed by atoms with Crippen LogP contribution in [-0.2, 0) is 4.84 Å². The minimum Gasteiger partial charge on any atom is -0.306 e. The zero-order valence-corrected chi connectivity index (χ0v) is 13.5. The molecule has 22 heavy (non-hydrogen) atoms. The Hall–Kier alpha value is -1.86. The van der Waals surface area contributed by atoms with Crippen molar-refractivity contribution >= 4 is 17.6 Å². The van der Waals surface area contributed by atoms with Crippen LogP contribution in [0.4, 0.5) is 0 Å². The first-order valence-electron chi connectivity index (χ1n) is 7.28. The molecule has 0 fully saturated rings. The minimum atomic E-state index is 0.0229. The number of hydrogen-bond acceptors (Lipinski definition) is 6. The molecule has 3 rings (SSSR count). The van der Waals surface area contributed by atoms with E-state index in [2.05, 4.69) is 39.1 Å². The van der Waals surface area contributed by atoms with Gasteiger partial charge >= 0.3 is 0 Å². The molecule has 0 saturated heterocycles. The van der Waals surface area contributed by atoms with Crippen LogP contribution in [0, 0.1) is 0 Å². The van der Waals surface area contributed by atoms with Crippen LogP contribution in [0.5, 0.6) is 0 Å². The maximum Gasteiger partial charge on any atom is 0.191 e. The molecule has 0 amide bonds. The number of hydroxylamine groups is 1. The van der Waals surface area contributed by atoms with Gasteiger partial charge in [0.1, 0.15) is 12.4 Å². The van der Waals surface area contributed by atoms with Crippen molar-refractivity contribution in [2.45, 2.75) is 31.1 Å². The molecule has 0 saturated carbocycles. The average Bonchev–Trinajstić information content (AvgIpc) is 3.03. The molecule has 0 radical (unpaired) electrons. The minimum absolute atomic E-state index is 0.0229. The third kappa shape index (κ3) is 3.48. The molecule has 1 aromatic carbocycles. The molecule has 1 aliphatic rings. The molecular formula is C15H19N5OS. The van der Waals surface area contributed by atoms with Crippen LogP contribution in [0.2, 0.25) is 0 Å². The smallest absolute Gasteiger partial charge is 0.191 e. The molecule has 1 unspecified atom stereocenters. The van der Waals surface area contributed by atoms with Gasteiger partial charge in [-0.1, -0.05) is 42.1 Å². The van der Waals surface area contributed by atoms with Crippen LogP contribution in [0.1, 0.15) is 25.5 Å². The Morgan fingerprint density at radius 1 is 1.36 bits per heavy atom. The van der Waals surface area contributed by atoms with Crippen LogP contribution in [0.25, 0.3) is 0 Å². The third-order valence-corrected chi connectivity index (χ3v) is 4.41. The first kappa shape index (κ1) is 15.1. The van der Waals surface area contributed by atoms with E-state index in [9.17, 15) is 0 Å². The second-order valence-corrected chi connectivity index (χ2v) is 6.31. The fourth-order valence-corrected chi connectivity index (χ4v) is 3.11. The van der Waals surface area contributed by atoms with Gasteiger partial charge < -0.3 is 4.57 Å². The number of hydrogen-bond donors (Lipinski definition) is 1. The summed E-state index contributed by atoms with van der Waals surface area (Å²) in [5, 5.41) is 9.03. The van der Waals surface area contributed by atoms with Crippen LogP contribution in [0.3, 0.4) is 0 Å². The van der Waals surface area contributed by atoms with E-state index in [1.807, 2.05) is 30.3 Å². The monoisotopic (exact) mass is 317 g/mol. The lowest BCUT2D eigenvalue weighted by Crippen LogP contribution is -2.38. The second kappa shape index (κ2) is 6.93. The maximum absolute atomic E-state index is 5.68. The van der Waals surface area contributed by atoms with Gasteiger partial charge in [-0.05, 0) is 13.8 Å². The molecule has 2 heterocycles. The van der Waals surface area contributed by atoms with Crippen LogP contribution in [0.15, 0.2) is 46.8 Å². The van der Waals surface area contributed by atoms with Crippen molar-refractivity contribution in [2.24, 2.45) is 4.99 Å². The number of thioether (sulfide) groups is 1. The first-order valence-corrected chi connectivity index (χ1v) is 8.26. The van der Waals surface area contributed by atoms with Crippen LogP contribution in [-0.4, -0.2) is 39.0 Å². The molecule has 116 valence electrons. The van der Waals surface area contributed by atoms with Crippen molar-refractivity contribution < 1.29 is 4.84 Å². The van der Waals surface area contributed by atoms with Gasteiger partial charge in [-0.15, -0.1) is 10.2 Å². The topological polar surface area (TPSA) is 64.3 Å². The SMILES string of the molecule is CC(C)n1cnnc1SCC1CN=C(c2ccccc2)NO1. The highest BCUT2D eigenvalue weighted by Gasteiger charge is 2.19. The molecular weight excluding hydrogens is 298 g/mol. The predicted molar refractivity (Wildman–Crippen MR) is 87.0 cm³/mol. The molecule has 1 aliphatic heterocycles. The summed E-state index contributed by atoms with van der Waals surface area (Å²) >= 11 is 1.64. The van der Waals surface area contributed by atoms with Crippen LogP contribution >= 0.6 is 11.8 Å². The van der Waals surface area contributed by atoms with Crippen molar-refractivity contribution in [2.75, 3.05) is 12.3 Å². The largest absolute Gasteiger partial charge is 0.306 e. The maximum atomic E-state index is 5.68. The standard InChI is InChI=1S/C15H19N5OS/c1-11(2)20-10-17-18-15(20)22-9-13-8-16-14(19-21-13)12-6-4-3-5-7-12/h3-7,10-11,13H,8-9H2,1-2H3,(H,16,19). The summed E-state index contributed by atoms with van der Waals surface area (Å²) < 4.78 is 2.06. The summed E-state index contributed by atoms with van der Waals surface area (Å²) in [5.74, 6) is 1.57. The zero-order chi connectivity index (χ0) is 15.4. The molecule has 1 aromatic heterocycles. The van der Waals surface area contributed by atoms with E-state index in [0.29, 0.717) is 12.6 Å². The number of aliphatic imine (C=N–C) groups is 1. The lowest BCUT2D eigenvalue weighted by atomic mass is 10.2. The molecule has 6 nitrogen and oxygen atoms in total. The second-order valence-electron chi connectivity index (χ2n) is 5.32. The van der Waals surface area contributed by atoms with Crippen molar-refractivity contribution in [3.8, 4) is 0 Å². The van der Waals surface area contributed by atoms with E-state index in [1.165, 1.54) is 0 Å². The Morgan fingerprint density at radius 3 is 2.86 bits per heavy atom. The Bertz CT molecular complexity index is 640. The van der Waals surface area contributed by atoms with Gasteiger partial charge in [-0.2, -0.15) is 0 Å². The fraction of sp³-hybridized carbons (Fsp3) is 0.400. The zero-order valence-electron chi connectivity index (χ0n) is 12.6. The number of benzene rings is 1. The average molecular weight is 317 g/mol. The number of nitrogens with zero attached hydrogens (tertiary/aromatic N) is 4. The summed E-state index contributed by atoms with van der Waals surface area (Å²) in [6.07, 6.45) is 1.79. The predicted octanol–water partition coefficient (Wildman–Crippen LogP) is 2.30. The molecule has 1 N–H and O–H groups in total. The van der Waals surface area contributed by atoms with Gasteiger partial charge in [-0.3, -0.25) is 9.83 Å². The Labute approximate surface area is 134 Å². The highest BCUT2D eigenvalue weighted by atomic mass is 32.2. The van der Waals surface area contributed by atoms with Crippen LogP contribution < -0.4 is 5.48 Å². The van der Waals surface area contributed by atoms with Gasteiger partial charge in [0, 0.05) is 17.4 Å². The number of rotatable bonds is 5. The Balaban J connectivity index is 1.56. The van der Waals surface area contributed by atoms with E-state index in [1.54, 1.807) is 18.1 Å². The molecule has 7 heteroatoms. The van der Waals surface area contributed by atoms with E-state index in [4.69, 9.17) is 4.84 Å². The molecule has 0 spiro atoms. The van der Waals surface area contributed by atoms with E-state index in [0.717, 1.165) is 22.3 Å². The van der Waals surface area contributed by atoms with Gasteiger partial charge in [0.25, 0.3) is 0 Å². The quantitative estimate of drug-likeness (QED) is 0.857. The van der Waals surface area contributed by atoms with E-state index >= 15 is 0 Å². The Morgan fingerprint density at radius 2 is 2.18 bits per heavy atom. The number of aromatic nitrogens is 3. The fourth-order valence-electron chi connectivity index (χ4n) is 2.09. The highest BCUT2D eigenvalue weighted by molar-refractivity contribution is 7.99. The van der Waals surface area contributed by atoms with Crippen molar-refractivity contribution in [1.29, 1.82) is 0 Å². The van der Waals surface area contributed by atoms with Gasteiger partial charge in [0.15, 0.2) is 11.0 Å². The van der Waals surface area contributed by atoms with Gasteiger partial charge in [0.2, 0.25) is 0 Å². The normalized spacial score (nSPS) is 18.1.